The van der Waals surface area contributed by atoms with E-state index in [1.165, 1.54) is 0 Å². The summed E-state index contributed by atoms with van der Waals surface area (Å²) in [4.78, 5) is 0. The number of halogens is 1. The van der Waals surface area contributed by atoms with Gasteiger partial charge in [0.2, 0.25) is 0 Å². The topological polar surface area (TPSA) is 53.1 Å². The number of benzene rings is 1. The first-order valence-electron chi connectivity index (χ1n) is 6.36. The Kier molecular flexibility index (Phi) is 4.61. The third-order valence-corrected chi connectivity index (χ3v) is 3.59. The third kappa shape index (κ3) is 2.98. The van der Waals surface area contributed by atoms with Crippen molar-refractivity contribution in [2.75, 3.05) is 6.61 Å². The highest BCUT2D eigenvalue weighted by Crippen LogP contribution is 2.27. The van der Waals surface area contributed by atoms with Crippen LogP contribution in [-0.2, 0) is 6.54 Å². The van der Waals surface area contributed by atoms with Crippen molar-refractivity contribution in [3.63, 3.8) is 0 Å². The summed E-state index contributed by atoms with van der Waals surface area (Å²) in [6, 6.07) is 7.68. The van der Waals surface area contributed by atoms with Crippen molar-refractivity contribution >= 4 is 15.9 Å². The Balaban J connectivity index is 2.27. The molecule has 0 saturated heterocycles. The zero-order valence-corrected chi connectivity index (χ0v) is 12.7. The first kappa shape index (κ1) is 14.1. The van der Waals surface area contributed by atoms with Gasteiger partial charge in [-0.05, 0) is 47.5 Å². The maximum absolute atomic E-state index is 6.33. The van der Waals surface area contributed by atoms with E-state index in [2.05, 4.69) is 21.0 Å². The van der Waals surface area contributed by atoms with Gasteiger partial charge in [-0.15, -0.1) is 0 Å². The fraction of sp³-hybridized carbons (Fsp3) is 0.357. The number of hydrogen-bond donors (Lipinski definition) is 1. The molecule has 102 valence electrons. The zero-order chi connectivity index (χ0) is 13.8. The predicted octanol–water partition coefficient (Wildman–Crippen LogP) is 3.11. The number of nitrogens with zero attached hydrogens (tertiary/aromatic N) is 2. The van der Waals surface area contributed by atoms with Crippen LogP contribution in [0.4, 0.5) is 0 Å². The van der Waals surface area contributed by atoms with Crippen LogP contribution in [-0.4, -0.2) is 16.4 Å². The fourth-order valence-electron chi connectivity index (χ4n) is 2.03. The Morgan fingerprint density at radius 1 is 1.32 bits per heavy atom. The lowest BCUT2D eigenvalue weighted by Gasteiger charge is -2.15. The standard InChI is InChI=1S/C14H18BrN3O/c1-3-18-14(12(15)9-17-18)13(16)10-5-7-11(8-6-10)19-4-2/h5-9,13H,3-4,16H2,1-2H3. The SMILES string of the molecule is CCOc1ccc(C(N)c2c(Br)cnn2CC)cc1. The van der Waals surface area contributed by atoms with Crippen LogP contribution in [0.25, 0.3) is 0 Å². The molecule has 0 aliphatic rings. The van der Waals surface area contributed by atoms with Crippen LogP contribution < -0.4 is 10.5 Å². The molecular weight excluding hydrogens is 306 g/mol. The highest BCUT2D eigenvalue weighted by Gasteiger charge is 2.17. The van der Waals surface area contributed by atoms with Crippen LogP contribution in [0.5, 0.6) is 5.75 Å². The monoisotopic (exact) mass is 323 g/mol. The minimum atomic E-state index is -0.201. The molecule has 2 N–H and O–H groups in total. The molecule has 0 aliphatic carbocycles. The third-order valence-electron chi connectivity index (χ3n) is 2.98. The summed E-state index contributed by atoms with van der Waals surface area (Å²) in [6.07, 6.45) is 1.78. The highest BCUT2D eigenvalue weighted by molar-refractivity contribution is 9.10. The van der Waals surface area contributed by atoms with Crippen LogP contribution in [0, 0.1) is 0 Å². The van der Waals surface area contributed by atoms with Crippen molar-refractivity contribution in [1.82, 2.24) is 9.78 Å². The lowest BCUT2D eigenvalue weighted by atomic mass is 10.0. The van der Waals surface area contributed by atoms with Gasteiger partial charge in [0, 0.05) is 6.54 Å². The van der Waals surface area contributed by atoms with Gasteiger partial charge in [0.05, 0.1) is 29.0 Å². The Labute approximate surface area is 121 Å². The number of hydrogen-bond acceptors (Lipinski definition) is 3. The fourth-order valence-corrected chi connectivity index (χ4v) is 2.57. The maximum Gasteiger partial charge on any atom is 0.119 e. The molecule has 0 radical (unpaired) electrons. The van der Waals surface area contributed by atoms with Crippen LogP contribution in [0.15, 0.2) is 34.9 Å². The van der Waals surface area contributed by atoms with Gasteiger partial charge in [-0.1, -0.05) is 12.1 Å². The second kappa shape index (κ2) is 6.21. The van der Waals surface area contributed by atoms with Gasteiger partial charge in [0.1, 0.15) is 5.75 Å². The molecule has 5 heteroatoms. The van der Waals surface area contributed by atoms with E-state index in [9.17, 15) is 0 Å². The summed E-state index contributed by atoms with van der Waals surface area (Å²) in [5.74, 6) is 0.863. The normalized spacial score (nSPS) is 12.4. The molecule has 0 fully saturated rings. The number of aryl methyl sites for hydroxylation is 1. The van der Waals surface area contributed by atoms with Crippen LogP contribution in [0.2, 0.25) is 0 Å². The van der Waals surface area contributed by atoms with E-state index < -0.39 is 0 Å². The van der Waals surface area contributed by atoms with E-state index >= 15 is 0 Å². The van der Waals surface area contributed by atoms with Gasteiger partial charge in [-0.2, -0.15) is 5.10 Å². The van der Waals surface area contributed by atoms with Crippen molar-refractivity contribution in [3.05, 3.63) is 46.2 Å². The molecule has 19 heavy (non-hydrogen) atoms. The molecule has 1 aromatic heterocycles. The number of ether oxygens (including phenoxy) is 1. The molecule has 1 aromatic carbocycles. The lowest BCUT2D eigenvalue weighted by molar-refractivity contribution is 0.340. The number of nitrogens with two attached hydrogens (primary N) is 1. The van der Waals surface area contributed by atoms with Crippen molar-refractivity contribution < 1.29 is 4.74 Å². The van der Waals surface area contributed by atoms with Gasteiger partial charge in [0.15, 0.2) is 0 Å². The average molecular weight is 324 g/mol. The van der Waals surface area contributed by atoms with E-state index in [1.54, 1.807) is 6.20 Å². The average Bonchev–Trinajstić information content (AvgIpc) is 2.80. The van der Waals surface area contributed by atoms with E-state index in [0.29, 0.717) is 6.61 Å². The minimum Gasteiger partial charge on any atom is -0.494 e. The van der Waals surface area contributed by atoms with E-state index in [1.807, 2.05) is 42.8 Å². The molecule has 0 aliphatic heterocycles. The minimum absolute atomic E-state index is 0.201. The van der Waals surface area contributed by atoms with Gasteiger partial charge >= 0.3 is 0 Å². The van der Waals surface area contributed by atoms with Crippen LogP contribution in [0.3, 0.4) is 0 Å². The summed E-state index contributed by atoms with van der Waals surface area (Å²) in [5.41, 5.74) is 8.36. The molecule has 1 heterocycles. The second-order valence-electron chi connectivity index (χ2n) is 4.17. The molecule has 2 aromatic rings. The number of rotatable bonds is 5. The molecule has 0 amide bonds. The van der Waals surface area contributed by atoms with Gasteiger partial charge in [-0.25, -0.2) is 0 Å². The second-order valence-corrected chi connectivity index (χ2v) is 5.03. The van der Waals surface area contributed by atoms with Crippen molar-refractivity contribution in [3.8, 4) is 5.75 Å². The molecule has 0 saturated carbocycles. The first-order chi connectivity index (χ1) is 9.17. The maximum atomic E-state index is 6.33. The quantitative estimate of drug-likeness (QED) is 0.919. The summed E-state index contributed by atoms with van der Waals surface area (Å²) < 4.78 is 8.28. The summed E-state index contributed by atoms with van der Waals surface area (Å²) in [5, 5.41) is 4.29. The van der Waals surface area contributed by atoms with Gasteiger partial charge in [0.25, 0.3) is 0 Å². The van der Waals surface area contributed by atoms with E-state index in [0.717, 1.165) is 28.0 Å². The van der Waals surface area contributed by atoms with E-state index in [4.69, 9.17) is 10.5 Å². The summed E-state index contributed by atoms with van der Waals surface area (Å²) in [6.45, 7) is 5.48. The Hall–Kier alpha value is -1.33. The van der Waals surface area contributed by atoms with Gasteiger partial charge in [-0.3, -0.25) is 4.68 Å². The summed E-state index contributed by atoms with van der Waals surface area (Å²) >= 11 is 3.51. The smallest absolute Gasteiger partial charge is 0.119 e. The first-order valence-corrected chi connectivity index (χ1v) is 7.16. The molecule has 1 atom stereocenters. The molecule has 0 bridgehead atoms. The van der Waals surface area contributed by atoms with Crippen LogP contribution >= 0.6 is 15.9 Å². The highest BCUT2D eigenvalue weighted by atomic mass is 79.9. The largest absolute Gasteiger partial charge is 0.494 e. The molecular formula is C14H18BrN3O. The zero-order valence-electron chi connectivity index (χ0n) is 11.1. The molecule has 2 rings (SSSR count). The van der Waals surface area contributed by atoms with Crippen LogP contribution in [0.1, 0.15) is 31.1 Å². The Morgan fingerprint density at radius 3 is 2.58 bits per heavy atom. The molecule has 0 spiro atoms. The van der Waals surface area contributed by atoms with Crippen molar-refractivity contribution in [2.24, 2.45) is 5.73 Å². The summed E-state index contributed by atoms with van der Waals surface area (Å²) in [7, 11) is 0. The molecule has 4 nitrogen and oxygen atoms in total. The Bertz CT molecular complexity index is 536. The number of aromatic nitrogens is 2. The Morgan fingerprint density at radius 2 is 2.00 bits per heavy atom. The van der Waals surface area contributed by atoms with E-state index in [-0.39, 0.29) is 6.04 Å². The lowest BCUT2D eigenvalue weighted by Crippen LogP contribution is -2.17. The predicted molar refractivity (Wildman–Crippen MR) is 79.2 cm³/mol. The van der Waals surface area contributed by atoms with Gasteiger partial charge < -0.3 is 10.5 Å². The van der Waals surface area contributed by atoms with Crippen molar-refractivity contribution in [1.29, 1.82) is 0 Å². The molecule has 1 unspecified atom stereocenters. The van der Waals surface area contributed by atoms with Crippen molar-refractivity contribution in [2.45, 2.75) is 26.4 Å².